The lowest BCUT2D eigenvalue weighted by atomic mass is 9.95. The van der Waals surface area contributed by atoms with Gasteiger partial charge in [0.05, 0.1) is 18.8 Å². The van der Waals surface area contributed by atoms with Crippen LogP contribution in [0.3, 0.4) is 0 Å². The van der Waals surface area contributed by atoms with Crippen LogP contribution >= 0.6 is 0 Å². The van der Waals surface area contributed by atoms with Crippen molar-refractivity contribution >= 4 is 5.91 Å². The summed E-state index contributed by atoms with van der Waals surface area (Å²) in [5.74, 6) is 0.00807. The lowest BCUT2D eigenvalue weighted by Crippen LogP contribution is -2.47. The second kappa shape index (κ2) is 7.96. The molecule has 5 nitrogen and oxygen atoms in total. The Hall–Kier alpha value is -0.650. The molecule has 1 aliphatic heterocycles. The summed E-state index contributed by atoms with van der Waals surface area (Å²) in [5.41, 5.74) is 0. The molecule has 1 aliphatic carbocycles. The minimum absolute atomic E-state index is 0.00807. The summed E-state index contributed by atoms with van der Waals surface area (Å²) in [7, 11) is 0. The molecule has 3 unspecified atom stereocenters. The average molecular weight is 284 g/mol. The summed E-state index contributed by atoms with van der Waals surface area (Å²) >= 11 is 0. The van der Waals surface area contributed by atoms with E-state index in [1.165, 1.54) is 19.3 Å². The van der Waals surface area contributed by atoms with Gasteiger partial charge in [-0.05, 0) is 26.7 Å². The van der Waals surface area contributed by atoms with Crippen molar-refractivity contribution in [2.24, 2.45) is 0 Å². The topological polar surface area (TPSA) is 59.6 Å². The number of carbonyl (C=O) groups excluding carboxylic acids is 1. The highest BCUT2D eigenvalue weighted by molar-refractivity contribution is 5.80. The first-order valence-corrected chi connectivity index (χ1v) is 7.93. The molecule has 2 N–H and O–H groups in total. The van der Waals surface area contributed by atoms with Crippen LogP contribution in [0.15, 0.2) is 0 Å². The van der Waals surface area contributed by atoms with Crippen LogP contribution < -0.4 is 10.6 Å². The van der Waals surface area contributed by atoms with E-state index in [1.54, 1.807) is 0 Å². The van der Waals surface area contributed by atoms with E-state index in [-0.39, 0.29) is 18.1 Å². The Morgan fingerprint density at radius 3 is 2.80 bits per heavy atom. The first kappa shape index (κ1) is 15.7. The van der Waals surface area contributed by atoms with Gasteiger partial charge in [0.15, 0.2) is 0 Å². The SMILES string of the molecule is CC1CNCC(COC(C)C(=O)NC2CCCCC2)O1. The minimum atomic E-state index is -0.405. The number of carbonyl (C=O) groups is 1. The van der Waals surface area contributed by atoms with Gasteiger partial charge in [-0.15, -0.1) is 0 Å². The highest BCUT2D eigenvalue weighted by Gasteiger charge is 2.23. The van der Waals surface area contributed by atoms with E-state index in [4.69, 9.17) is 9.47 Å². The highest BCUT2D eigenvalue weighted by Crippen LogP contribution is 2.17. The molecule has 1 saturated heterocycles. The maximum absolute atomic E-state index is 12.1. The fraction of sp³-hybridized carbons (Fsp3) is 0.933. The van der Waals surface area contributed by atoms with Gasteiger partial charge in [0.2, 0.25) is 5.91 Å². The van der Waals surface area contributed by atoms with Gasteiger partial charge in [0, 0.05) is 19.1 Å². The maximum atomic E-state index is 12.1. The third kappa shape index (κ3) is 5.04. The van der Waals surface area contributed by atoms with Crippen molar-refractivity contribution in [3.8, 4) is 0 Å². The number of nitrogens with one attached hydrogen (secondary N) is 2. The standard InChI is InChI=1S/C15H28N2O3/c1-11-8-16-9-14(20-11)10-19-12(2)15(18)17-13-6-4-3-5-7-13/h11-14,16H,3-10H2,1-2H3,(H,17,18). The molecular formula is C15H28N2O3. The Kier molecular flexibility index (Phi) is 6.26. The molecule has 0 bridgehead atoms. The van der Waals surface area contributed by atoms with E-state index in [1.807, 2.05) is 13.8 Å². The van der Waals surface area contributed by atoms with Gasteiger partial charge in [-0.3, -0.25) is 4.79 Å². The van der Waals surface area contributed by atoms with Crippen molar-refractivity contribution < 1.29 is 14.3 Å². The van der Waals surface area contributed by atoms with Gasteiger partial charge in [0.1, 0.15) is 6.10 Å². The average Bonchev–Trinajstić information content (AvgIpc) is 2.46. The zero-order valence-electron chi connectivity index (χ0n) is 12.7. The van der Waals surface area contributed by atoms with Crippen molar-refractivity contribution in [1.29, 1.82) is 0 Å². The summed E-state index contributed by atoms with van der Waals surface area (Å²) in [4.78, 5) is 12.1. The lowest BCUT2D eigenvalue weighted by Gasteiger charge is -2.29. The number of hydrogen-bond acceptors (Lipinski definition) is 4. The van der Waals surface area contributed by atoms with Crippen LogP contribution in [0.25, 0.3) is 0 Å². The largest absolute Gasteiger partial charge is 0.370 e. The zero-order chi connectivity index (χ0) is 14.4. The molecule has 0 radical (unpaired) electrons. The predicted octanol–water partition coefficient (Wildman–Crippen LogP) is 1.22. The van der Waals surface area contributed by atoms with E-state index in [2.05, 4.69) is 10.6 Å². The normalized spacial score (nSPS) is 29.9. The van der Waals surface area contributed by atoms with Crippen molar-refractivity contribution in [3.05, 3.63) is 0 Å². The molecule has 116 valence electrons. The molecule has 0 aromatic rings. The van der Waals surface area contributed by atoms with Crippen molar-refractivity contribution in [2.75, 3.05) is 19.7 Å². The van der Waals surface area contributed by atoms with Crippen LogP contribution in [-0.2, 0) is 14.3 Å². The van der Waals surface area contributed by atoms with Crippen LogP contribution in [0.2, 0.25) is 0 Å². The Morgan fingerprint density at radius 2 is 2.10 bits per heavy atom. The van der Waals surface area contributed by atoms with Crippen LogP contribution in [0.1, 0.15) is 46.0 Å². The molecule has 0 spiro atoms. The van der Waals surface area contributed by atoms with Crippen molar-refractivity contribution in [1.82, 2.24) is 10.6 Å². The molecule has 2 rings (SSSR count). The van der Waals surface area contributed by atoms with Crippen LogP contribution in [0.5, 0.6) is 0 Å². The van der Waals surface area contributed by atoms with Crippen molar-refractivity contribution in [2.45, 2.75) is 70.3 Å². The van der Waals surface area contributed by atoms with E-state index < -0.39 is 6.10 Å². The van der Waals surface area contributed by atoms with Gasteiger partial charge >= 0.3 is 0 Å². The van der Waals surface area contributed by atoms with Gasteiger partial charge < -0.3 is 20.1 Å². The monoisotopic (exact) mass is 284 g/mol. The summed E-state index contributed by atoms with van der Waals surface area (Å²) in [5, 5.41) is 6.39. The van der Waals surface area contributed by atoms with Crippen LogP contribution in [0, 0.1) is 0 Å². The van der Waals surface area contributed by atoms with E-state index in [9.17, 15) is 4.79 Å². The van der Waals surface area contributed by atoms with E-state index in [0.717, 1.165) is 25.9 Å². The number of amides is 1. The lowest BCUT2D eigenvalue weighted by molar-refractivity contribution is -0.137. The Labute approximate surface area is 121 Å². The second-order valence-corrected chi connectivity index (χ2v) is 6.05. The summed E-state index contributed by atoms with van der Waals surface area (Å²) < 4.78 is 11.4. The molecule has 2 fully saturated rings. The van der Waals surface area contributed by atoms with E-state index in [0.29, 0.717) is 12.6 Å². The van der Waals surface area contributed by atoms with Gasteiger partial charge in [-0.2, -0.15) is 0 Å². The fourth-order valence-electron chi connectivity index (χ4n) is 2.86. The van der Waals surface area contributed by atoms with Crippen LogP contribution in [0.4, 0.5) is 0 Å². The molecule has 0 aromatic carbocycles. The molecule has 1 heterocycles. The van der Waals surface area contributed by atoms with Gasteiger partial charge in [-0.1, -0.05) is 19.3 Å². The Bertz CT molecular complexity index is 305. The van der Waals surface area contributed by atoms with E-state index >= 15 is 0 Å². The number of ether oxygens (including phenoxy) is 2. The first-order chi connectivity index (χ1) is 9.65. The summed E-state index contributed by atoms with van der Waals surface area (Å²) in [6.45, 7) is 6.00. The smallest absolute Gasteiger partial charge is 0.249 e. The quantitative estimate of drug-likeness (QED) is 0.797. The zero-order valence-corrected chi connectivity index (χ0v) is 12.7. The molecule has 1 saturated carbocycles. The fourth-order valence-corrected chi connectivity index (χ4v) is 2.86. The van der Waals surface area contributed by atoms with Crippen molar-refractivity contribution in [3.63, 3.8) is 0 Å². The predicted molar refractivity (Wildman–Crippen MR) is 77.6 cm³/mol. The molecule has 20 heavy (non-hydrogen) atoms. The number of morpholine rings is 1. The van der Waals surface area contributed by atoms with Gasteiger partial charge in [-0.25, -0.2) is 0 Å². The summed E-state index contributed by atoms with van der Waals surface area (Å²) in [6, 6.07) is 0.343. The summed E-state index contributed by atoms with van der Waals surface area (Å²) in [6.07, 6.45) is 5.80. The minimum Gasteiger partial charge on any atom is -0.370 e. The molecular weight excluding hydrogens is 256 g/mol. The van der Waals surface area contributed by atoms with Crippen LogP contribution in [-0.4, -0.2) is 50.0 Å². The number of rotatable bonds is 5. The molecule has 2 aliphatic rings. The highest BCUT2D eigenvalue weighted by atomic mass is 16.5. The third-order valence-corrected chi connectivity index (χ3v) is 4.08. The van der Waals surface area contributed by atoms with Gasteiger partial charge in [0.25, 0.3) is 0 Å². The third-order valence-electron chi connectivity index (χ3n) is 4.08. The maximum Gasteiger partial charge on any atom is 0.249 e. The molecule has 0 aromatic heterocycles. The Balaban J connectivity index is 1.65. The number of hydrogen-bond donors (Lipinski definition) is 2. The Morgan fingerprint density at radius 1 is 1.35 bits per heavy atom. The first-order valence-electron chi connectivity index (χ1n) is 7.93. The second-order valence-electron chi connectivity index (χ2n) is 6.05. The molecule has 5 heteroatoms. The molecule has 1 amide bonds. The molecule has 3 atom stereocenters.